The van der Waals surface area contributed by atoms with Crippen molar-refractivity contribution in [3.8, 4) is 0 Å². The topological polar surface area (TPSA) is 130 Å². The fourth-order valence-electron chi connectivity index (χ4n) is 5.00. The first-order chi connectivity index (χ1) is 16.0. The number of hydrogen-bond acceptors (Lipinski definition) is 7. The molecule has 2 heterocycles. The summed E-state index contributed by atoms with van der Waals surface area (Å²) in [5, 5.41) is 2.74. The molecular formula is C23H29N3O7S. The fourth-order valence-corrected chi connectivity index (χ4v) is 6.73. The lowest BCUT2D eigenvalue weighted by Crippen LogP contribution is -2.46. The van der Waals surface area contributed by atoms with Crippen molar-refractivity contribution in [3.63, 3.8) is 0 Å². The number of nitrogens with one attached hydrogen (secondary N) is 1. The first kappa shape index (κ1) is 24.2. The summed E-state index contributed by atoms with van der Waals surface area (Å²) in [6.45, 7) is 2.96. The summed E-state index contributed by atoms with van der Waals surface area (Å²) in [5.41, 5.74) is 0.534. The zero-order valence-electron chi connectivity index (χ0n) is 19.3. The summed E-state index contributed by atoms with van der Waals surface area (Å²) in [6, 6.07) is 6.24. The van der Waals surface area contributed by atoms with Gasteiger partial charge in [-0.05, 0) is 36.3 Å². The van der Waals surface area contributed by atoms with E-state index < -0.39 is 58.4 Å². The Balaban J connectivity index is 1.37. The van der Waals surface area contributed by atoms with Crippen LogP contribution >= 0.6 is 0 Å². The number of rotatable bonds is 7. The van der Waals surface area contributed by atoms with Crippen LogP contribution in [0.3, 0.4) is 0 Å². The van der Waals surface area contributed by atoms with Crippen LogP contribution in [-0.4, -0.2) is 79.3 Å². The maximum absolute atomic E-state index is 13.1. The molecular weight excluding hydrogens is 462 g/mol. The lowest BCUT2D eigenvalue weighted by Gasteiger charge is -2.29. The van der Waals surface area contributed by atoms with Gasteiger partial charge in [0.1, 0.15) is 12.1 Å². The molecule has 10 nitrogen and oxygen atoms in total. The third kappa shape index (κ3) is 4.53. The molecule has 1 aromatic carbocycles. The number of carbonyl (C=O) groups is 4. The number of nitrogens with zero attached hydrogens (tertiary/aromatic N) is 2. The molecule has 1 aromatic rings. The van der Waals surface area contributed by atoms with Crippen LogP contribution in [0, 0.1) is 5.92 Å². The van der Waals surface area contributed by atoms with Crippen LogP contribution in [0.25, 0.3) is 0 Å². The predicted octanol–water partition coefficient (Wildman–Crippen LogP) is 0.595. The van der Waals surface area contributed by atoms with E-state index in [9.17, 15) is 27.6 Å². The van der Waals surface area contributed by atoms with Crippen LogP contribution < -0.4 is 5.32 Å². The van der Waals surface area contributed by atoms with Gasteiger partial charge in [0.2, 0.25) is 0 Å². The SMILES string of the molecule is CC(C)CN(C(=O)COC(=O)CN1C(=O)N[C@]2(CCc3ccccc32)C1=O)[C@H]1CCS(=O)(=O)C1. The average Bonchev–Trinajstić information content (AvgIpc) is 3.40. The number of urea groups is 1. The number of benzene rings is 1. The fraction of sp³-hybridized carbons (Fsp3) is 0.565. The summed E-state index contributed by atoms with van der Waals surface area (Å²) in [5.74, 6) is -1.88. The number of ether oxygens (including phenoxy) is 1. The zero-order chi connectivity index (χ0) is 24.7. The Morgan fingerprint density at radius 1 is 1.26 bits per heavy atom. The predicted molar refractivity (Wildman–Crippen MR) is 121 cm³/mol. The molecule has 11 heteroatoms. The van der Waals surface area contributed by atoms with Gasteiger partial charge in [-0.25, -0.2) is 13.2 Å². The Labute approximate surface area is 198 Å². The highest BCUT2D eigenvalue weighted by molar-refractivity contribution is 7.91. The van der Waals surface area contributed by atoms with E-state index in [4.69, 9.17) is 4.74 Å². The minimum absolute atomic E-state index is 0.0242. The number of esters is 1. The van der Waals surface area contributed by atoms with Crippen LogP contribution in [-0.2, 0) is 40.9 Å². The van der Waals surface area contributed by atoms with Crippen LogP contribution in [0.5, 0.6) is 0 Å². The van der Waals surface area contributed by atoms with Gasteiger partial charge in [0.25, 0.3) is 11.8 Å². The Kier molecular flexibility index (Phi) is 6.41. The molecule has 0 saturated carbocycles. The molecule has 0 radical (unpaired) electrons. The van der Waals surface area contributed by atoms with Crippen molar-refractivity contribution in [1.29, 1.82) is 0 Å². The number of fused-ring (bicyclic) bond motifs is 2. The molecule has 0 unspecified atom stereocenters. The van der Waals surface area contributed by atoms with Gasteiger partial charge in [0.05, 0.1) is 11.5 Å². The van der Waals surface area contributed by atoms with E-state index in [0.717, 1.165) is 16.0 Å². The molecule has 2 fully saturated rings. The molecule has 1 spiro atoms. The number of imide groups is 1. The van der Waals surface area contributed by atoms with Crippen LogP contribution in [0.1, 0.15) is 37.8 Å². The standard InChI is InChI=1S/C23H29N3O7S/c1-15(2)11-25(17-8-10-34(31,32)14-17)19(27)13-33-20(28)12-26-21(29)23(24-22(26)30)9-7-16-5-3-4-6-18(16)23/h3-6,15,17H,7-14H2,1-2H3,(H,24,30)/t17-,23-/m0/s1. The van der Waals surface area contributed by atoms with E-state index in [2.05, 4.69) is 5.32 Å². The highest BCUT2D eigenvalue weighted by Gasteiger charge is 2.55. The van der Waals surface area contributed by atoms with E-state index in [1.165, 1.54) is 4.90 Å². The summed E-state index contributed by atoms with van der Waals surface area (Å²) in [4.78, 5) is 53.2. The Hall–Kier alpha value is -2.95. The minimum atomic E-state index is -3.19. The van der Waals surface area contributed by atoms with E-state index in [0.29, 0.717) is 25.8 Å². The zero-order valence-corrected chi connectivity index (χ0v) is 20.1. The number of sulfone groups is 1. The van der Waals surface area contributed by atoms with Gasteiger partial charge in [-0.3, -0.25) is 19.3 Å². The van der Waals surface area contributed by atoms with Gasteiger partial charge in [0.15, 0.2) is 16.4 Å². The largest absolute Gasteiger partial charge is 0.454 e. The molecule has 34 heavy (non-hydrogen) atoms. The average molecular weight is 492 g/mol. The summed E-state index contributed by atoms with van der Waals surface area (Å²) in [6.07, 6.45) is 1.40. The Bertz CT molecular complexity index is 1130. The summed E-state index contributed by atoms with van der Waals surface area (Å²) < 4.78 is 28.8. The maximum Gasteiger partial charge on any atom is 0.326 e. The lowest BCUT2D eigenvalue weighted by atomic mass is 9.92. The van der Waals surface area contributed by atoms with Crippen molar-refractivity contribution in [2.45, 2.75) is 44.7 Å². The number of amides is 4. The van der Waals surface area contributed by atoms with Crippen LogP contribution in [0.2, 0.25) is 0 Å². The minimum Gasteiger partial charge on any atom is -0.454 e. The lowest BCUT2D eigenvalue weighted by molar-refractivity contribution is -0.154. The van der Waals surface area contributed by atoms with Crippen LogP contribution in [0.15, 0.2) is 24.3 Å². The molecule has 4 amide bonds. The van der Waals surface area contributed by atoms with E-state index in [1.807, 2.05) is 26.0 Å². The van der Waals surface area contributed by atoms with Gasteiger partial charge < -0.3 is 15.0 Å². The third-order valence-corrected chi connectivity index (χ3v) is 8.35. The normalized spacial score (nSPS) is 25.0. The molecule has 1 aliphatic carbocycles. The van der Waals surface area contributed by atoms with Gasteiger partial charge in [-0.1, -0.05) is 38.1 Å². The number of aryl methyl sites for hydroxylation is 1. The summed E-state index contributed by atoms with van der Waals surface area (Å²) >= 11 is 0. The second-order valence-electron chi connectivity index (χ2n) is 9.54. The molecule has 0 aromatic heterocycles. The molecule has 2 saturated heterocycles. The monoisotopic (exact) mass is 491 g/mol. The highest BCUT2D eigenvalue weighted by Crippen LogP contribution is 2.41. The quantitative estimate of drug-likeness (QED) is 0.436. The third-order valence-electron chi connectivity index (χ3n) is 6.60. The number of hydrogen-bond donors (Lipinski definition) is 1. The van der Waals surface area contributed by atoms with E-state index >= 15 is 0 Å². The van der Waals surface area contributed by atoms with Crippen molar-refractivity contribution in [2.24, 2.45) is 5.92 Å². The van der Waals surface area contributed by atoms with E-state index in [-0.39, 0.29) is 17.4 Å². The first-order valence-electron chi connectivity index (χ1n) is 11.4. The van der Waals surface area contributed by atoms with Crippen molar-refractivity contribution >= 4 is 33.7 Å². The molecule has 3 aliphatic rings. The van der Waals surface area contributed by atoms with Crippen molar-refractivity contribution in [1.82, 2.24) is 15.1 Å². The molecule has 2 atom stereocenters. The summed E-state index contributed by atoms with van der Waals surface area (Å²) in [7, 11) is -3.19. The van der Waals surface area contributed by atoms with Gasteiger partial charge >= 0.3 is 12.0 Å². The second kappa shape index (κ2) is 9.01. The first-order valence-corrected chi connectivity index (χ1v) is 13.2. The van der Waals surface area contributed by atoms with Gasteiger partial charge in [-0.2, -0.15) is 0 Å². The highest BCUT2D eigenvalue weighted by atomic mass is 32.2. The van der Waals surface area contributed by atoms with Gasteiger partial charge in [-0.15, -0.1) is 0 Å². The molecule has 184 valence electrons. The molecule has 2 aliphatic heterocycles. The molecule has 4 rings (SSSR count). The second-order valence-corrected chi connectivity index (χ2v) is 11.8. The van der Waals surface area contributed by atoms with Crippen molar-refractivity contribution in [3.05, 3.63) is 35.4 Å². The van der Waals surface area contributed by atoms with E-state index in [1.54, 1.807) is 12.1 Å². The maximum atomic E-state index is 13.1. The molecule has 1 N–H and O–H groups in total. The Morgan fingerprint density at radius 2 is 2.00 bits per heavy atom. The smallest absolute Gasteiger partial charge is 0.326 e. The van der Waals surface area contributed by atoms with Crippen LogP contribution in [0.4, 0.5) is 4.79 Å². The number of carbonyl (C=O) groups excluding carboxylic acids is 4. The van der Waals surface area contributed by atoms with Gasteiger partial charge in [0, 0.05) is 12.6 Å². The van der Waals surface area contributed by atoms with Crippen molar-refractivity contribution < 1.29 is 32.3 Å². The molecule has 0 bridgehead atoms. The Morgan fingerprint density at radius 3 is 2.68 bits per heavy atom. The van der Waals surface area contributed by atoms with Crippen molar-refractivity contribution in [2.75, 3.05) is 31.2 Å².